The van der Waals surface area contributed by atoms with Gasteiger partial charge in [-0.1, -0.05) is 28.1 Å². The molecule has 0 amide bonds. The van der Waals surface area contributed by atoms with Crippen molar-refractivity contribution < 1.29 is 18.5 Å². The van der Waals surface area contributed by atoms with Crippen LogP contribution in [0.5, 0.6) is 0 Å². The molecule has 0 spiro atoms. The fraction of sp³-hybridized carbons (Fsp3) is 0.300. The van der Waals surface area contributed by atoms with Crippen molar-refractivity contribution in [3.8, 4) is 0 Å². The molecule has 7 heteroatoms. The Bertz CT molecular complexity index is 465. The van der Waals surface area contributed by atoms with Gasteiger partial charge in [0.1, 0.15) is 10.6 Å². The number of nitrogens with zero attached hydrogens (tertiary/aromatic N) is 1. The van der Waals surface area contributed by atoms with Gasteiger partial charge in [0.15, 0.2) is 0 Å². The van der Waals surface area contributed by atoms with E-state index >= 15 is 0 Å². The number of halogens is 3. The standard InChI is InChI=1S/C10H8BrF2NO3/c1-5(15)9(11)8-6(10(12)13)3-2-4-7(8)14(16)17/h2-4,9-10H,1H3. The zero-order valence-corrected chi connectivity index (χ0v) is 10.3. The molecule has 1 aromatic rings. The number of hydrogen-bond donors (Lipinski definition) is 0. The summed E-state index contributed by atoms with van der Waals surface area (Å²) in [7, 11) is 0. The van der Waals surface area contributed by atoms with Gasteiger partial charge in [-0.2, -0.15) is 0 Å². The van der Waals surface area contributed by atoms with Crippen LogP contribution in [0.3, 0.4) is 0 Å². The Labute approximate surface area is 104 Å². The van der Waals surface area contributed by atoms with Crippen molar-refractivity contribution >= 4 is 27.4 Å². The Hall–Kier alpha value is -1.37. The van der Waals surface area contributed by atoms with Crippen molar-refractivity contribution in [3.63, 3.8) is 0 Å². The molecular formula is C10H8BrF2NO3. The molecule has 0 heterocycles. The predicted octanol–water partition coefficient (Wildman–Crippen LogP) is 3.56. The maximum Gasteiger partial charge on any atom is 0.274 e. The van der Waals surface area contributed by atoms with Gasteiger partial charge in [0.2, 0.25) is 0 Å². The van der Waals surface area contributed by atoms with E-state index in [2.05, 4.69) is 15.9 Å². The summed E-state index contributed by atoms with van der Waals surface area (Å²) in [5, 5.41) is 10.8. The molecule has 0 saturated carbocycles. The number of benzene rings is 1. The highest BCUT2D eigenvalue weighted by Gasteiger charge is 2.29. The summed E-state index contributed by atoms with van der Waals surface area (Å²) >= 11 is 2.90. The summed E-state index contributed by atoms with van der Waals surface area (Å²) in [4.78, 5) is 20.0. The lowest BCUT2D eigenvalue weighted by Gasteiger charge is -2.12. The van der Waals surface area contributed by atoms with Crippen LogP contribution in [-0.2, 0) is 4.79 Å². The van der Waals surface area contributed by atoms with Crippen molar-refractivity contribution in [2.75, 3.05) is 0 Å². The Balaban J connectivity index is 3.49. The number of hydrogen-bond acceptors (Lipinski definition) is 3. The van der Waals surface area contributed by atoms with Crippen molar-refractivity contribution in [2.45, 2.75) is 18.2 Å². The van der Waals surface area contributed by atoms with Gasteiger partial charge < -0.3 is 0 Å². The molecule has 1 aromatic carbocycles. The monoisotopic (exact) mass is 307 g/mol. The summed E-state index contributed by atoms with van der Waals surface area (Å²) in [6, 6.07) is 3.34. The molecule has 0 radical (unpaired) electrons. The summed E-state index contributed by atoms with van der Waals surface area (Å²) in [5.41, 5.74) is -1.27. The van der Waals surface area contributed by atoms with Crippen LogP contribution < -0.4 is 0 Å². The molecule has 92 valence electrons. The minimum Gasteiger partial charge on any atom is -0.298 e. The highest BCUT2D eigenvalue weighted by atomic mass is 79.9. The third-order valence-corrected chi connectivity index (χ3v) is 3.26. The summed E-state index contributed by atoms with van der Waals surface area (Å²) in [5.74, 6) is -0.471. The van der Waals surface area contributed by atoms with Gasteiger partial charge in [-0.15, -0.1) is 0 Å². The van der Waals surface area contributed by atoms with E-state index in [0.29, 0.717) is 0 Å². The third kappa shape index (κ3) is 2.85. The van der Waals surface area contributed by atoms with Crippen LogP contribution in [0.2, 0.25) is 0 Å². The lowest BCUT2D eigenvalue weighted by molar-refractivity contribution is -0.385. The predicted molar refractivity (Wildman–Crippen MR) is 60.4 cm³/mol. The number of Topliss-reactive ketones (excluding diaryl/α,β-unsaturated/α-hetero) is 1. The van der Waals surface area contributed by atoms with Crippen LogP contribution in [0.1, 0.15) is 29.3 Å². The van der Waals surface area contributed by atoms with Gasteiger partial charge in [0.05, 0.1) is 10.5 Å². The lowest BCUT2D eigenvalue weighted by Crippen LogP contribution is -2.08. The number of alkyl halides is 3. The van der Waals surface area contributed by atoms with E-state index in [1.165, 1.54) is 13.0 Å². The second kappa shape index (κ2) is 5.31. The molecule has 1 unspecified atom stereocenters. The van der Waals surface area contributed by atoms with Gasteiger partial charge in [-0.25, -0.2) is 8.78 Å². The first kappa shape index (κ1) is 13.7. The van der Waals surface area contributed by atoms with Crippen molar-refractivity contribution in [3.05, 3.63) is 39.4 Å². The van der Waals surface area contributed by atoms with E-state index in [4.69, 9.17) is 0 Å². The van der Waals surface area contributed by atoms with Crippen LogP contribution in [0.15, 0.2) is 18.2 Å². The smallest absolute Gasteiger partial charge is 0.274 e. The van der Waals surface area contributed by atoms with Crippen molar-refractivity contribution in [1.82, 2.24) is 0 Å². The fourth-order valence-corrected chi connectivity index (χ4v) is 1.90. The highest BCUT2D eigenvalue weighted by Crippen LogP contribution is 2.38. The van der Waals surface area contributed by atoms with E-state index in [1.807, 2.05) is 0 Å². The second-order valence-electron chi connectivity index (χ2n) is 3.31. The molecule has 0 aliphatic rings. The van der Waals surface area contributed by atoms with Crippen molar-refractivity contribution in [2.24, 2.45) is 0 Å². The molecule has 0 bridgehead atoms. The first-order valence-electron chi connectivity index (χ1n) is 4.56. The normalized spacial score (nSPS) is 12.5. The number of carbonyl (C=O) groups excluding carboxylic acids is 1. The van der Waals surface area contributed by atoms with Crippen LogP contribution in [0, 0.1) is 10.1 Å². The molecule has 17 heavy (non-hydrogen) atoms. The first-order valence-corrected chi connectivity index (χ1v) is 5.47. The van der Waals surface area contributed by atoms with Gasteiger partial charge in [-0.05, 0) is 6.92 Å². The lowest BCUT2D eigenvalue weighted by atomic mass is 10.0. The average Bonchev–Trinajstić information content (AvgIpc) is 2.26. The van der Waals surface area contributed by atoms with E-state index in [9.17, 15) is 23.7 Å². The minimum atomic E-state index is -2.87. The molecule has 0 fully saturated rings. The Morgan fingerprint density at radius 3 is 2.47 bits per heavy atom. The minimum absolute atomic E-state index is 0.278. The molecular weight excluding hydrogens is 300 g/mol. The third-order valence-electron chi connectivity index (χ3n) is 2.16. The van der Waals surface area contributed by atoms with Gasteiger partial charge in [0.25, 0.3) is 12.1 Å². The quantitative estimate of drug-likeness (QED) is 0.485. The topological polar surface area (TPSA) is 60.2 Å². The van der Waals surface area contributed by atoms with E-state index < -0.39 is 33.2 Å². The number of nitro groups is 1. The van der Waals surface area contributed by atoms with Crippen LogP contribution in [0.4, 0.5) is 14.5 Å². The largest absolute Gasteiger partial charge is 0.298 e. The molecule has 0 saturated heterocycles. The molecule has 0 N–H and O–H groups in total. The van der Waals surface area contributed by atoms with Gasteiger partial charge in [0, 0.05) is 11.6 Å². The number of rotatable bonds is 4. The van der Waals surface area contributed by atoms with E-state index in [1.54, 1.807) is 0 Å². The molecule has 0 aliphatic carbocycles. The van der Waals surface area contributed by atoms with Crippen molar-refractivity contribution in [1.29, 1.82) is 0 Å². The van der Waals surface area contributed by atoms with Crippen LogP contribution in [-0.4, -0.2) is 10.7 Å². The number of nitro benzene ring substituents is 1. The van der Waals surface area contributed by atoms with Gasteiger partial charge in [-0.3, -0.25) is 14.9 Å². The molecule has 1 atom stereocenters. The molecule has 0 aliphatic heterocycles. The zero-order chi connectivity index (χ0) is 13.2. The van der Waals surface area contributed by atoms with E-state index in [0.717, 1.165) is 12.1 Å². The fourth-order valence-electron chi connectivity index (χ4n) is 1.40. The maximum absolute atomic E-state index is 12.7. The SMILES string of the molecule is CC(=O)C(Br)c1c(C(F)F)cccc1[N+](=O)[O-]. The average molecular weight is 308 g/mol. The zero-order valence-electron chi connectivity index (χ0n) is 8.69. The first-order chi connectivity index (χ1) is 7.86. The Morgan fingerprint density at radius 2 is 2.06 bits per heavy atom. The Morgan fingerprint density at radius 1 is 1.47 bits per heavy atom. The molecule has 1 rings (SSSR count). The Kier molecular flexibility index (Phi) is 4.28. The number of ketones is 1. The highest BCUT2D eigenvalue weighted by molar-refractivity contribution is 9.09. The summed E-state index contributed by atoms with van der Waals surface area (Å²) < 4.78 is 25.5. The summed E-state index contributed by atoms with van der Waals surface area (Å²) in [6.07, 6.45) is -2.87. The second-order valence-corrected chi connectivity index (χ2v) is 4.23. The molecule has 4 nitrogen and oxygen atoms in total. The van der Waals surface area contributed by atoms with Crippen LogP contribution in [0.25, 0.3) is 0 Å². The molecule has 0 aromatic heterocycles. The number of carbonyl (C=O) groups is 1. The van der Waals surface area contributed by atoms with E-state index in [-0.39, 0.29) is 5.56 Å². The van der Waals surface area contributed by atoms with Gasteiger partial charge >= 0.3 is 0 Å². The maximum atomic E-state index is 12.7. The summed E-state index contributed by atoms with van der Waals surface area (Å²) in [6.45, 7) is 1.17. The van der Waals surface area contributed by atoms with Crippen LogP contribution >= 0.6 is 15.9 Å².